The molecular formula is C16H21ClN4O2. The molecule has 1 heterocycles. The first-order valence-electron chi connectivity index (χ1n) is 7.26. The lowest BCUT2D eigenvalue weighted by Crippen LogP contribution is -2.32. The molecule has 0 fully saturated rings. The van der Waals surface area contributed by atoms with E-state index in [1.165, 1.54) is 0 Å². The van der Waals surface area contributed by atoms with Gasteiger partial charge in [0.25, 0.3) is 0 Å². The van der Waals surface area contributed by atoms with Crippen molar-refractivity contribution < 1.29 is 9.53 Å². The van der Waals surface area contributed by atoms with Gasteiger partial charge in [0, 0.05) is 39.2 Å². The third-order valence-electron chi connectivity index (χ3n) is 3.43. The molecule has 0 radical (unpaired) electrons. The normalized spacial score (nSPS) is 11.8. The van der Waals surface area contributed by atoms with E-state index in [1.54, 1.807) is 6.20 Å². The van der Waals surface area contributed by atoms with Crippen LogP contribution in [-0.2, 0) is 11.8 Å². The Hall–Kier alpha value is -2.21. The van der Waals surface area contributed by atoms with Gasteiger partial charge in [0.15, 0.2) is 0 Å². The van der Waals surface area contributed by atoms with Crippen LogP contribution in [-0.4, -0.2) is 42.2 Å². The fraction of sp³-hybridized carbons (Fsp3) is 0.375. The fourth-order valence-corrected chi connectivity index (χ4v) is 2.29. The maximum absolute atomic E-state index is 11.9. The molecule has 124 valence electrons. The zero-order chi connectivity index (χ0) is 16.8. The molecule has 7 heteroatoms. The van der Waals surface area contributed by atoms with Gasteiger partial charge < -0.3 is 19.5 Å². The lowest BCUT2D eigenvalue weighted by atomic mass is 10.1. The molecule has 0 spiro atoms. The Morgan fingerprint density at radius 2 is 2.09 bits per heavy atom. The molecule has 0 aliphatic carbocycles. The van der Waals surface area contributed by atoms with Crippen LogP contribution in [0.3, 0.4) is 0 Å². The maximum atomic E-state index is 11.9. The summed E-state index contributed by atoms with van der Waals surface area (Å²) in [5, 5.41) is 2.84. The predicted molar refractivity (Wildman–Crippen MR) is 91.0 cm³/mol. The highest BCUT2D eigenvalue weighted by Crippen LogP contribution is 2.23. The number of aromatic nitrogens is 2. The number of hydrogen-bond donors (Lipinski definition) is 1. The molecule has 2 aromatic rings. The molecule has 1 atom stereocenters. The number of alkyl halides is 1. The molecule has 23 heavy (non-hydrogen) atoms. The summed E-state index contributed by atoms with van der Waals surface area (Å²) in [5.41, 5.74) is 2.00. The standard InChI is InChI=1S/C16H21ClN4O2/c1-20(2)13-6-4-12(5-7-13)14(15-18-9-10-21(15)3)19-16(22)23-11-8-17/h4-7,9-10,14H,8,11H2,1-3H3,(H,19,22). The molecule has 0 saturated carbocycles. The van der Waals surface area contributed by atoms with Gasteiger partial charge in [0.1, 0.15) is 18.5 Å². The Bertz CT molecular complexity index is 640. The first kappa shape index (κ1) is 17.1. The van der Waals surface area contributed by atoms with Crippen LogP contribution in [0, 0.1) is 0 Å². The molecule has 1 amide bonds. The van der Waals surface area contributed by atoms with E-state index in [2.05, 4.69) is 10.3 Å². The summed E-state index contributed by atoms with van der Waals surface area (Å²) in [7, 11) is 5.84. The number of ether oxygens (including phenoxy) is 1. The number of nitrogens with zero attached hydrogens (tertiary/aromatic N) is 3. The monoisotopic (exact) mass is 336 g/mol. The van der Waals surface area contributed by atoms with Gasteiger partial charge in [-0.2, -0.15) is 0 Å². The highest BCUT2D eigenvalue weighted by Gasteiger charge is 2.21. The van der Waals surface area contributed by atoms with Crippen LogP contribution in [0.1, 0.15) is 17.4 Å². The van der Waals surface area contributed by atoms with Crippen molar-refractivity contribution in [2.75, 3.05) is 31.5 Å². The number of aryl methyl sites for hydroxylation is 1. The number of halogens is 1. The van der Waals surface area contributed by atoms with Crippen LogP contribution in [0.15, 0.2) is 36.7 Å². The first-order chi connectivity index (χ1) is 11.0. The lowest BCUT2D eigenvalue weighted by molar-refractivity contribution is 0.150. The van der Waals surface area contributed by atoms with Crippen LogP contribution >= 0.6 is 11.6 Å². The molecule has 1 unspecified atom stereocenters. The van der Waals surface area contributed by atoms with E-state index in [1.807, 2.05) is 61.1 Å². The van der Waals surface area contributed by atoms with Crippen LogP contribution in [0.2, 0.25) is 0 Å². The van der Waals surface area contributed by atoms with Crippen molar-refractivity contribution in [2.24, 2.45) is 7.05 Å². The van der Waals surface area contributed by atoms with Crippen molar-refractivity contribution in [1.29, 1.82) is 0 Å². The number of imidazole rings is 1. The molecule has 6 nitrogen and oxygen atoms in total. The van der Waals surface area contributed by atoms with Gasteiger partial charge >= 0.3 is 6.09 Å². The number of benzene rings is 1. The fourth-order valence-electron chi connectivity index (χ4n) is 2.21. The molecule has 2 rings (SSSR count). The molecule has 0 saturated heterocycles. The largest absolute Gasteiger partial charge is 0.448 e. The Labute approximate surface area is 141 Å². The van der Waals surface area contributed by atoms with Crippen LogP contribution < -0.4 is 10.2 Å². The minimum atomic E-state index is -0.518. The SMILES string of the molecule is CN(C)c1ccc(C(NC(=O)OCCCl)c2nccn2C)cc1. The van der Waals surface area contributed by atoms with Gasteiger partial charge in [-0.25, -0.2) is 9.78 Å². The third-order valence-corrected chi connectivity index (χ3v) is 3.59. The van der Waals surface area contributed by atoms with Crippen LogP contribution in [0.25, 0.3) is 0 Å². The molecule has 0 aliphatic heterocycles. The number of hydrogen-bond acceptors (Lipinski definition) is 4. The molecule has 1 N–H and O–H groups in total. The minimum Gasteiger partial charge on any atom is -0.448 e. The Kier molecular flexibility index (Phi) is 5.87. The smallest absolute Gasteiger partial charge is 0.408 e. The Morgan fingerprint density at radius 1 is 1.39 bits per heavy atom. The van der Waals surface area contributed by atoms with Crippen molar-refractivity contribution in [3.63, 3.8) is 0 Å². The van der Waals surface area contributed by atoms with Gasteiger partial charge in [-0.3, -0.25) is 0 Å². The van der Waals surface area contributed by atoms with Crippen LogP contribution in [0.5, 0.6) is 0 Å². The van der Waals surface area contributed by atoms with Crippen molar-refractivity contribution >= 4 is 23.4 Å². The van der Waals surface area contributed by atoms with Gasteiger partial charge in [-0.1, -0.05) is 12.1 Å². The summed E-state index contributed by atoms with van der Waals surface area (Å²) < 4.78 is 6.88. The quantitative estimate of drug-likeness (QED) is 0.824. The number of carbonyl (C=O) groups is 1. The molecule has 1 aromatic carbocycles. The van der Waals surface area contributed by atoms with Gasteiger partial charge in [-0.05, 0) is 17.7 Å². The molecule has 0 bridgehead atoms. The van der Waals surface area contributed by atoms with E-state index in [9.17, 15) is 4.79 Å². The van der Waals surface area contributed by atoms with E-state index >= 15 is 0 Å². The van der Waals surface area contributed by atoms with Gasteiger partial charge in [-0.15, -0.1) is 11.6 Å². The van der Waals surface area contributed by atoms with E-state index in [-0.39, 0.29) is 12.5 Å². The second-order valence-corrected chi connectivity index (χ2v) is 5.66. The topological polar surface area (TPSA) is 59.4 Å². The van der Waals surface area contributed by atoms with Gasteiger partial charge in [0.2, 0.25) is 0 Å². The molecular weight excluding hydrogens is 316 g/mol. The van der Waals surface area contributed by atoms with Crippen molar-refractivity contribution in [1.82, 2.24) is 14.9 Å². The zero-order valence-corrected chi connectivity index (χ0v) is 14.2. The number of amides is 1. The molecule has 0 aliphatic rings. The average Bonchev–Trinajstić information content (AvgIpc) is 2.96. The summed E-state index contributed by atoms with van der Waals surface area (Å²) in [6, 6.07) is 7.54. The highest BCUT2D eigenvalue weighted by molar-refractivity contribution is 6.18. The summed E-state index contributed by atoms with van der Waals surface area (Å²) in [6.07, 6.45) is 3.01. The lowest BCUT2D eigenvalue weighted by Gasteiger charge is -2.20. The summed E-state index contributed by atoms with van der Waals surface area (Å²) >= 11 is 5.54. The maximum Gasteiger partial charge on any atom is 0.408 e. The number of rotatable bonds is 6. The summed E-state index contributed by atoms with van der Waals surface area (Å²) in [4.78, 5) is 18.3. The summed E-state index contributed by atoms with van der Waals surface area (Å²) in [6.45, 7) is 0.167. The predicted octanol–water partition coefficient (Wildman–Crippen LogP) is 2.54. The number of anilines is 1. The van der Waals surface area contributed by atoms with Crippen molar-refractivity contribution in [3.8, 4) is 0 Å². The van der Waals surface area contributed by atoms with Crippen molar-refractivity contribution in [3.05, 3.63) is 48.0 Å². The number of nitrogens with one attached hydrogen (secondary N) is 1. The van der Waals surface area contributed by atoms with Gasteiger partial charge in [0.05, 0.1) is 5.88 Å². The van der Waals surface area contributed by atoms with Crippen molar-refractivity contribution in [2.45, 2.75) is 6.04 Å². The van der Waals surface area contributed by atoms with E-state index in [4.69, 9.17) is 16.3 Å². The summed E-state index contributed by atoms with van der Waals surface area (Å²) in [5.74, 6) is 0.989. The zero-order valence-electron chi connectivity index (χ0n) is 13.5. The van der Waals surface area contributed by atoms with E-state index < -0.39 is 12.1 Å². The Balaban J connectivity index is 2.26. The number of alkyl carbamates (subject to hydrolysis) is 1. The highest BCUT2D eigenvalue weighted by atomic mass is 35.5. The van der Waals surface area contributed by atoms with E-state index in [0.29, 0.717) is 0 Å². The van der Waals surface area contributed by atoms with E-state index in [0.717, 1.165) is 17.1 Å². The molecule has 1 aromatic heterocycles. The third kappa shape index (κ3) is 4.39. The second kappa shape index (κ2) is 7.87. The minimum absolute atomic E-state index is 0.167. The number of carbonyl (C=O) groups excluding carboxylic acids is 1. The Morgan fingerprint density at radius 3 is 2.61 bits per heavy atom. The average molecular weight is 337 g/mol. The van der Waals surface area contributed by atoms with Crippen LogP contribution in [0.4, 0.5) is 10.5 Å². The second-order valence-electron chi connectivity index (χ2n) is 5.28. The first-order valence-corrected chi connectivity index (χ1v) is 7.80.